The Morgan fingerprint density at radius 3 is 2.81 bits per heavy atom. The van der Waals surface area contributed by atoms with E-state index < -0.39 is 0 Å². The van der Waals surface area contributed by atoms with Crippen molar-refractivity contribution in [1.82, 2.24) is 4.90 Å². The summed E-state index contributed by atoms with van der Waals surface area (Å²) in [5.41, 5.74) is 7.77. The normalized spacial score (nSPS) is 22.3. The lowest BCUT2D eigenvalue weighted by atomic mass is 9.86. The molecular weight excluding hydrogens is 280 g/mol. The molecule has 0 amide bonds. The predicted octanol–water partition coefficient (Wildman–Crippen LogP) is 3.34. The maximum Gasteiger partial charge on any atom is 0.129 e. The van der Waals surface area contributed by atoms with Crippen LogP contribution in [0.4, 0.5) is 0 Å². The fourth-order valence-corrected chi connectivity index (χ4v) is 3.43. The highest BCUT2D eigenvalue weighted by molar-refractivity contribution is 7.80. The first kappa shape index (κ1) is 16.2. The van der Waals surface area contributed by atoms with Gasteiger partial charge in [-0.3, -0.25) is 4.90 Å². The minimum Gasteiger partial charge on any atom is -0.496 e. The van der Waals surface area contributed by atoms with Gasteiger partial charge in [0.15, 0.2) is 0 Å². The minimum absolute atomic E-state index is 0.382. The number of thiocarbonyl (C=S) groups is 1. The fraction of sp³-hybridized carbons (Fsp3) is 0.588. The maximum atomic E-state index is 5.71. The van der Waals surface area contributed by atoms with Crippen LogP contribution in [0.2, 0.25) is 0 Å². The molecule has 2 unspecified atom stereocenters. The summed E-state index contributed by atoms with van der Waals surface area (Å²) in [5.74, 6) is 1.61. The van der Waals surface area contributed by atoms with Crippen molar-refractivity contribution >= 4 is 17.2 Å². The van der Waals surface area contributed by atoms with Crippen LogP contribution in [0.5, 0.6) is 5.75 Å². The van der Waals surface area contributed by atoms with E-state index in [9.17, 15) is 0 Å². The summed E-state index contributed by atoms with van der Waals surface area (Å²) in [6.07, 6.45) is 5.34. The molecule has 3 nitrogen and oxygen atoms in total. The Morgan fingerprint density at radius 2 is 2.19 bits per heavy atom. The predicted molar refractivity (Wildman–Crippen MR) is 91.8 cm³/mol. The highest BCUT2D eigenvalue weighted by atomic mass is 32.1. The molecule has 1 aromatic rings. The molecule has 0 heterocycles. The van der Waals surface area contributed by atoms with Crippen molar-refractivity contribution in [2.45, 2.75) is 45.2 Å². The van der Waals surface area contributed by atoms with Crippen molar-refractivity contribution in [2.24, 2.45) is 11.7 Å². The van der Waals surface area contributed by atoms with Gasteiger partial charge < -0.3 is 10.5 Å². The quantitative estimate of drug-likeness (QED) is 0.847. The largest absolute Gasteiger partial charge is 0.496 e. The molecular formula is C17H26N2OS. The Kier molecular flexibility index (Phi) is 5.59. The van der Waals surface area contributed by atoms with Gasteiger partial charge in [0.1, 0.15) is 10.7 Å². The number of benzene rings is 1. The third kappa shape index (κ3) is 4.17. The van der Waals surface area contributed by atoms with E-state index in [1.807, 2.05) is 6.07 Å². The average Bonchev–Trinajstić information content (AvgIpc) is 2.46. The molecule has 2 N–H and O–H groups in total. The van der Waals surface area contributed by atoms with Gasteiger partial charge in [0.25, 0.3) is 0 Å². The molecule has 0 aliphatic heterocycles. The average molecular weight is 306 g/mol. The van der Waals surface area contributed by atoms with Crippen LogP contribution in [0.15, 0.2) is 18.2 Å². The lowest BCUT2D eigenvalue weighted by molar-refractivity contribution is 0.157. The first-order valence-corrected chi connectivity index (χ1v) is 8.09. The first-order valence-electron chi connectivity index (χ1n) is 7.68. The van der Waals surface area contributed by atoms with Crippen LogP contribution < -0.4 is 10.5 Å². The third-order valence-corrected chi connectivity index (χ3v) is 4.72. The molecule has 0 spiro atoms. The molecule has 116 valence electrons. The maximum absolute atomic E-state index is 5.71. The molecule has 0 bridgehead atoms. The molecule has 2 atom stereocenters. The number of methoxy groups -OCH3 is 1. The van der Waals surface area contributed by atoms with E-state index in [0.717, 1.165) is 23.8 Å². The second kappa shape index (κ2) is 7.23. The van der Waals surface area contributed by atoms with E-state index in [1.165, 1.54) is 31.2 Å². The Morgan fingerprint density at radius 1 is 1.43 bits per heavy atom. The smallest absolute Gasteiger partial charge is 0.129 e. The van der Waals surface area contributed by atoms with Crippen LogP contribution in [0.3, 0.4) is 0 Å². The zero-order valence-electron chi connectivity index (χ0n) is 13.3. The van der Waals surface area contributed by atoms with E-state index in [1.54, 1.807) is 7.11 Å². The van der Waals surface area contributed by atoms with Crippen molar-refractivity contribution in [3.8, 4) is 5.75 Å². The van der Waals surface area contributed by atoms with Crippen LogP contribution in [-0.2, 0) is 6.54 Å². The van der Waals surface area contributed by atoms with Gasteiger partial charge in [0, 0.05) is 12.6 Å². The monoisotopic (exact) mass is 306 g/mol. The topological polar surface area (TPSA) is 38.5 Å². The number of hydrogen-bond acceptors (Lipinski definition) is 3. The second-order valence-electron chi connectivity index (χ2n) is 6.24. The molecule has 0 saturated heterocycles. The van der Waals surface area contributed by atoms with Gasteiger partial charge in [-0.2, -0.15) is 0 Å². The molecule has 0 aromatic heterocycles. The molecule has 2 rings (SSSR count). The highest BCUT2D eigenvalue weighted by Gasteiger charge is 2.22. The van der Waals surface area contributed by atoms with Gasteiger partial charge in [-0.05, 0) is 43.5 Å². The summed E-state index contributed by atoms with van der Waals surface area (Å²) in [6.45, 7) is 3.30. The molecule has 1 aromatic carbocycles. The molecule has 1 saturated carbocycles. The summed E-state index contributed by atoms with van der Waals surface area (Å²) in [5, 5.41) is 0. The molecule has 1 aliphatic rings. The van der Waals surface area contributed by atoms with Gasteiger partial charge in [-0.25, -0.2) is 0 Å². The molecule has 4 heteroatoms. The lowest BCUT2D eigenvalue weighted by Gasteiger charge is -2.34. The summed E-state index contributed by atoms with van der Waals surface area (Å²) >= 11 is 5.05. The third-order valence-electron chi connectivity index (χ3n) is 4.50. The standard InChI is InChI=1S/C17H26N2OS/c1-12-5-4-6-14(9-12)19(2)11-13-7-8-15(17(18)21)16(10-13)20-3/h7-8,10,12,14H,4-6,9,11H2,1-3H3,(H2,18,21). The van der Waals surface area contributed by atoms with Crippen LogP contribution >= 0.6 is 12.2 Å². The van der Waals surface area contributed by atoms with Crippen molar-refractivity contribution in [3.63, 3.8) is 0 Å². The number of hydrogen-bond donors (Lipinski definition) is 1. The Labute approximate surface area is 133 Å². The van der Waals surface area contributed by atoms with Gasteiger partial charge in [0.2, 0.25) is 0 Å². The van der Waals surface area contributed by atoms with E-state index >= 15 is 0 Å². The summed E-state index contributed by atoms with van der Waals surface area (Å²) < 4.78 is 5.41. The molecule has 1 fully saturated rings. The molecule has 1 aliphatic carbocycles. The molecule has 21 heavy (non-hydrogen) atoms. The Hall–Kier alpha value is -1.13. The van der Waals surface area contributed by atoms with Gasteiger partial charge in [-0.15, -0.1) is 0 Å². The lowest BCUT2D eigenvalue weighted by Crippen LogP contribution is -2.35. The van der Waals surface area contributed by atoms with Gasteiger partial charge >= 0.3 is 0 Å². The van der Waals surface area contributed by atoms with Crippen molar-refractivity contribution in [2.75, 3.05) is 14.2 Å². The van der Waals surface area contributed by atoms with Crippen molar-refractivity contribution < 1.29 is 4.74 Å². The summed E-state index contributed by atoms with van der Waals surface area (Å²) in [7, 11) is 3.88. The van der Waals surface area contributed by atoms with Crippen LogP contribution in [0.25, 0.3) is 0 Å². The van der Waals surface area contributed by atoms with Gasteiger partial charge in [0.05, 0.1) is 12.7 Å². The summed E-state index contributed by atoms with van der Waals surface area (Å²) in [6, 6.07) is 6.81. The zero-order valence-corrected chi connectivity index (χ0v) is 14.1. The molecule has 0 radical (unpaired) electrons. The van der Waals surface area contributed by atoms with Crippen molar-refractivity contribution in [3.05, 3.63) is 29.3 Å². The second-order valence-corrected chi connectivity index (χ2v) is 6.68. The van der Waals surface area contributed by atoms with E-state index in [2.05, 4.69) is 31.0 Å². The number of nitrogens with zero attached hydrogens (tertiary/aromatic N) is 1. The van der Waals surface area contributed by atoms with Crippen LogP contribution in [0.1, 0.15) is 43.7 Å². The Balaban J connectivity index is 2.06. The summed E-state index contributed by atoms with van der Waals surface area (Å²) in [4.78, 5) is 2.85. The number of ether oxygens (including phenoxy) is 1. The SMILES string of the molecule is COc1cc(CN(C)C2CCCC(C)C2)ccc1C(N)=S. The van der Waals surface area contributed by atoms with E-state index in [0.29, 0.717) is 11.0 Å². The van der Waals surface area contributed by atoms with E-state index in [-0.39, 0.29) is 0 Å². The number of nitrogens with two attached hydrogens (primary N) is 1. The highest BCUT2D eigenvalue weighted by Crippen LogP contribution is 2.28. The van der Waals surface area contributed by atoms with Gasteiger partial charge in [-0.1, -0.05) is 38.0 Å². The van der Waals surface area contributed by atoms with Crippen LogP contribution in [0, 0.1) is 5.92 Å². The number of rotatable bonds is 5. The van der Waals surface area contributed by atoms with Crippen LogP contribution in [-0.4, -0.2) is 30.1 Å². The minimum atomic E-state index is 0.382. The fourth-order valence-electron chi connectivity index (χ4n) is 3.26. The first-order chi connectivity index (χ1) is 10.0. The zero-order chi connectivity index (χ0) is 15.4. The van der Waals surface area contributed by atoms with Crippen molar-refractivity contribution in [1.29, 1.82) is 0 Å². The Bertz CT molecular complexity index is 504. The van der Waals surface area contributed by atoms with E-state index in [4.69, 9.17) is 22.7 Å².